The number of carboxylic acids is 1. The summed E-state index contributed by atoms with van der Waals surface area (Å²) in [5.41, 5.74) is 1.85. The number of hydrogen-bond acceptors (Lipinski definition) is 3. The number of carboxylic acid groups (broad SMARTS) is 1. The van der Waals surface area contributed by atoms with E-state index in [4.69, 9.17) is 23.2 Å². The van der Waals surface area contributed by atoms with Gasteiger partial charge in [-0.25, -0.2) is 9.59 Å². The number of aliphatic carboxylic acids is 1. The first-order valence-electron chi connectivity index (χ1n) is 7.94. The topological polar surface area (TPSA) is 81.7 Å². The number of hydrogen-bond donors (Lipinski definition) is 3. The van der Waals surface area contributed by atoms with Crippen LogP contribution in [0.4, 0.5) is 16.2 Å². The molecule has 0 bridgehead atoms. The van der Waals surface area contributed by atoms with Crippen molar-refractivity contribution in [1.82, 2.24) is 5.32 Å². The number of urea groups is 1. The first-order chi connectivity index (χ1) is 12.4. The van der Waals surface area contributed by atoms with E-state index in [-0.39, 0.29) is 12.5 Å². The first-order valence-corrected chi connectivity index (χ1v) is 8.70. The Morgan fingerprint density at radius 2 is 1.92 bits per heavy atom. The molecule has 136 valence electrons. The third kappa shape index (κ3) is 3.71. The number of amides is 2. The Morgan fingerprint density at radius 1 is 1.23 bits per heavy atom. The Morgan fingerprint density at radius 3 is 2.58 bits per heavy atom. The standard InChI is InChI=1S/C18H17Cl2N3O3/c1-23(11-5-3-2-4-6-11)18(26)22-14-9-15(17(24)25)21-13-8-10(19)7-12(20)16(13)14/h2-8,14-15,21H,9H2,1H3,(H,22,26)(H,24,25)/t14-,15+/m0/s1. The number of carbonyl (C=O) groups is 2. The van der Waals surface area contributed by atoms with E-state index in [1.54, 1.807) is 19.2 Å². The zero-order chi connectivity index (χ0) is 18.8. The van der Waals surface area contributed by atoms with Gasteiger partial charge in [0.2, 0.25) is 0 Å². The molecule has 0 saturated heterocycles. The predicted octanol–water partition coefficient (Wildman–Crippen LogP) is 4.15. The second-order valence-electron chi connectivity index (χ2n) is 6.02. The molecule has 2 aromatic carbocycles. The van der Waals surface area contributed by atoms with Crippen molar-refractivity contribution in [3.8, 4) is 0 Å². The van der Waals surface area contributed by atoms with Crippen LogP contribution in [0.3, 0.4) is 0 Å². The van der Waals surface area contributed by atoms with Gasteiger partial charge in [0, 0.05) is 40.5 Å². The molecule has 1 aliphatic heterocycles. The molecule has 2 atom stereocenters. The van der Waals surface area contributed by atoms with Gasteiger partial charge in [0.1, 0.15) is 6.04 Å². The molecule has 2 aromatic rings. The minimum absolute atomic E-state index is 0.165. The van der Waals surface area contributed by atoms with Crippen molar-refractivity contribution < 1.29 is 14.7 Å². The molecular formula is C18H17Cl2N3O3. The summed E-state index contributed by atoms with van der Waals surface area (Å²) in [6.45, 7) is 0. The van der Waals surface area contributed by atoms with Gasteiger partial charge >= 0.3 is 12.0 Å². The van der Waals surface area contributed by atoms with Crippen LogP contribution < -0.4 is 15.5 Å². The number of halogens is 2. The molecule has 0 aromatic heterocycles. The lowest BCUT2D eigenvalue weighted by Crippen LogP contribution is -2.45. The molecular weight excluding hydrogens is 377 g/mol. The summed E-state index contributed by atoms with van der Waals surface area (Å²) in [4.78, 5) is 25.6. The zero-order valence-electron chi connectivity index (χ0n) is 13.9. The Labute approximate surface area is 160 Å². The molecule has 3 rings (SSSR count). The summed E-state index contributed by atoms with van der Waals surface area (Å²) in [6, 6.07) is 10.5. The highest BCUT2D eigenvalue weighted by atomic mass is 35.5. The molecule has 3 N–H and O–H groups in total. The summed E-state index contributed by atoms with van der Waals surface area (Å²) in [6.07, 6.45) is 0.165. The molecule has 0 spiro atoms. The van der Waals surface area contributed by atoms with Crippen LogP contribution in [0, 0.1) is 0 Å². The molecule has 0 unspecified atom stereocenters. The fraction of sp³-hybridized carbons (Fsp3) is 0.222. The fourth-order valence-electron chi connectivity index (χ4n) is 2.97. The van der Waals surface area contributed by atoms with Gasteiger partial charge < -0.3 is 15.7 Å². The van der Waals surface area contributed by atoms with Gasteiger partial charge in [-0.1, -0.05) is 41.4 Å². The molecule has 6 nitrogen and oxygen atoms in total. The molecule has 0 aliphatic carbocycles. The number of benzene rings is 2. The van der Waals surface area contributed by atoms with E-state index in [0.717, 1.165) is 5.69 Å². The maximum atomic E-state index is 12.7. The lowest BCUT2D eigenvalue weighted by molar-refractivity contribution is -0.138. The van der Waals surface area contributed by atoms with E-state index >= 15 is 0 Å². The molecule has 26 heavy (non-hydrogen) atoms. The molecule has 8 heteroatoms. The van der Waals surface area contributed by atoms with Crippen LogP contribution in [0.15, 0.2) is 42.5 Å². The third-order valence-corrected chi connectivity index (χ3v) is 4.82. The number of rotatable bonds is 3. The van der Waals surface area contributed by atoms with E-state index in [9.17, 15) is 14.7 Å². The monoisotopic (exact) mass is 393 g/mol. The van der Waals surface area contributed by atoms with Crippen molar-refractivity contribution in [1.29, 1.82) is 0 Å². The minimum Gasteiger partial charge on any atom is -0.480 e. The van der Waals surface area contributed by atoms with Gasteiger partial charge in [-0.15, -0.1) is 0 Å². The van der Waals surface area contributed by atoms with Gasteiger partial charge in [0.15, 0.2) is 0 Å². The number of anilines is 2. The average Bonchev–Trinajstić information content (AvgIpc) is 2.60. The van der Waals surface area contributed by atoms with Crippen LogP contribution in [0.2, 0.25) is 10.0 Å². The number of fused-ring (bicyclic) bond motifs is 1. The molecule has 2 amide bonds. The van der Waals surface area contributed by atoms with Crippen molar-refractivity contribution in [2.24, 2.45) is 0 Å². The summed E-state index contributed by atoms with van der Waals surface area (Å²) >= 11 is 12.3. The maximum Gasteiger partial charge on any atom is 0.326 e. The van der Waals surface area contributed by atoms with E-state index in [2.05, 4.69) is 10.6 Å². The van der Waals surface area contributed by atoms with E-state index in [1.807, 2.05) is 30.3 Å². The number of carbonyl (C=O) groups excluding carboxylic acids is 1. The van der Waals surface area contributed by atoms with Gasteiger partial charge in [-0.3, -0.25) is 4.90 Å². The lowest BCUT2D eigenvalue weighted by Gasteiger charge is -2.33. The molecule has 0 saturated carbocycles. The Bertz CT molecular complexity index is 845. The van der Waals surface area contributed by atoms with Gasteiger partial charge in [-0.05, 0) is 24.3 Å². The van der Waals surface area contributed by atoms with Gasteiger partial charge in [0.05, 0.1) is 6.04 Å². The number of nitrogens with one attached hydrogen (secondary N) is 2. The SMILES string of the molecule is CN(C(=O)N[C@H]1C[C@H](C(=O)O)Nc2cc(Cl)cc(Cl)c21)c1ccccc1. The van der Waals surface area contributed by atoms with Crippen LogP contribution >= 0.6 is 23.2 Å². The molecule has 1 heterocycles. The van der Waals surface area contributed by atoms with Crippen LogP contribution in [-0.2, 0) is 4.79 Å². The summed E-state index contributed by atoms with van der Waals surface area (Å²) in [5.74, 6) is -1.01. The van der Waals surface area contributed by atoms with E-state index in [1.165, 1.54) is 4.90 Å². The fourth-order valence-corrected chi connectivity index (χ4v) is 3.59. The van der Waals surface area contributed by atoms with Crippen molar-refractivity contribution in [2.75, 3.05) is 17.3 Å². The third-order valence-electron chi connectivity index (χ3n) is 4.29. The smallest absolute Gasteiger partial charge is 0.326 e. The summed E-state index contributed by atoms with van der Waals surface area (Å²) < 4.78 is 0. The van der Waals surface area contributed by atoms with Crippen LogP contribution in [0.5, 0.6) is 0 Å². The van der Waals surface area contributed by atoms with Crippen molar-refractivity contribution >= 4 is 46.6 Å². The van der Waals surface area contributed by atoms with E-state index in [0.29, 0.717) is 21.3 Å². The summed E-state index contributed by atoms with van der Waals surface area (Å²) in [5, 5.41) is 15.9. The average molecular weight is 394 g/mol. The predicted molar refractivity (Wildman–Crippen MR) is 102 cm³/mol. The Balaban J connectivity index is 1.89. The van der Waals surface area contributed by atoms with Crippen molar-refractivity contribution in [2.45, 2.75) is 18.5 Å². The zero-order valence-corrected chi connectivity index (χ0v) is 15.4. The van der Waals surface area contributed by atoms with Crippen molar-refractivity contribution in [3.05, 3.63) is 58.1 Å². The van der Waals surface area contributed by atoms with Crippen LogP contribution in [0.1, 0.15) is 18.0 Å². The first kappa shape index (κ1) is 18.4. The van der Waals surface area contributed by atoms with E-state index < -0.39 is 18.1 Å². The molecule has 0 radical (unpaired) electrons. The lowest BCUT2D eigenvalue weighted by atomic mass is 9.93. The number of para-hydroxylation sites is 1. The van der Waals surface area contributed by atoms with Crippen LogP contribution in [0.25, 0.3) is 0 Å². The second kappa shape index (κ2) is 7.43. The molecule has 0 fully saturated rings. The second-order valence-corrected chi connectivity index (χ2v) is 6.86. The Hall–Kier alpha value is -2.44. The highest BCUT2D eigenvalue weighted by molar-refractivity contribution is 6.35. The largest absolute Gasteiger partial charge is 0.480 e. The highest BCUT2D eigenvalue weighted by Crippen LogP contribution is 2.40. The maximum absolute atomic E-state index is 12.7. The molecule has 1 aliphatic rings. The Kier molecular flexibility index (Phi) is 5.25. The van der Waals surface area contributed by atoms with Crippen molar-refractivity contribution in [3.63, 3.8) is 0 Å². The van der Waals surface area contributed by atoms with Gasteiger partial charge in [0.25, 0.3) is 0 Å². The number of nitrogens with zero attached hydrogens (tertiary/aromatic N) is 1. The summed E-state index contributed by atoms with van der Waals surface area (Å²) in [7, 11) is 1.64. The normalized spacial score (nSPS) is 18.4. The van der Waals surface area contributed by atoms with Crippen LogP contribution in [-0.4, -0.2) is 30.2 Å². The quantitative estimate of drug-likeness (QED) is 0.731. The minimum atomic E-state index is -1.01. The van der Waals surface area contributed by atoms with Gasteiger partial charge in [-0.2, -0.15) is 0 Å². The highest BCUT2D eigenvalue weighted by Gasteiger charge is 2.34.